The normalized spacial score (nSPS) is 14.6. The van der Waals surface area contributed by atoms with E-state index in [0.717, 1.165) is 24.1 Å². The molecule has 1 aromatic heterocycles. The Labute approximate surface area is 147 Å². The van der Waals surface area contributed by atoms with Crippen molar-refractivity contribution in [1.29, 1.82) is 0 Å². The van der Waals surface area contributed by atoms with Gasteiger partial charge in [0.05, 0.1) is 23.5 Å². The van der Waals surface area contributed by atoms with Gasteiger partial charge in [0.2, 0.25) is 0 Å². The van der Waals surface area contributed by atoms with E-state index in [0.29, 0.717) is 18.2 Å². The second-order valence-electron chi connectivity index (χ2n) is 6.37. The van der Waals surface area contributed by atoms with Crippen LogP contribution in [0.5, 0.6) is 0 Å². The molecular formula is C19H23N3O3. The molecule has 1 saturated carbocycles. The first-order valence-electron chi connectivity index (χ1n) is 8.75. The van der Waals surface area contributed by atoms with E-state index in [1.807, 2.05) is 35.0 Å². The molecular weight excluding hydrogens is 318 g/mol. The van der Waals surface area contributed by atoms with Crippen LogP contribution in [0.1, 0.15) is 49.0 Å². The van der Waals surface area contributed by atoms with Gasteiger partial charge in [0.15, 0.2) is 0 Å². The van der Waals surface area contributed by atoms with Gasteiger partial charge in [0.25, 0.3) is 5.91 Å². The molecule has 0 unspecified atom stereocenters. The zero-order chi connectivity index (χ0) is 17.8. The van der Waals surface area contributed by atoms with Crippen molar-refractivity contribution in [2.24, 2.45) is 0 Å². The molecule has 2 aromatic rings. The topological polar surface area (TPSA) is 75.4 Å². The van der Waals surface area contributed by atoms with Crippen molar-refractivity contribution >= 4 is 11.9 Å². The van der Waals surface area contributed by atoms with E-state index in [2.05, 4.69) is 5.10 Å². The van der Waals surface area contributed by atoms with Crippen LogP contribution in [0, 0.1) is 0 Å². The first-order chi connectivity index (χ1) is 12.1. The van der Waals surface area contributed by atoms with Crippen LogP contribution in [0.3, 0.4) is 0 Å². The number of carbonyl (C=O) groups excluding carboxylic acids is 1. The predicted molar refractivity (Wildman–Crippen MR) is 94.4 cm³/mol. The molecule has 0 radical (unpaired) electrons. The molecule has 132 valence electrons. The minimum Gasteiger partial charge on any atom is -0.480 e. The summed E-state index contributed by atoms with van der Waals surface area (Å²) in [5.74, 6) is -1.30. The van der Waals surface area contributed by atoms with E-state index in [4.69, 9.17) is 5.11 Å². The summed E-state index contributed by atoms with van der Waals surface area (Å²) in [5, 5.41) is 13.6. The lowest BCUT2D eigenvalue weighted by Gasteiger charge is -2.20. The number of rotatable bonds is 6. The Kier molecular flexibility index (Phi) is 5.16. The fraction of sp³-hybridized carbons (Fsp3) is 0.421. The third-order valence-electron chi connectivity index (χ3n) is 4.74. The Bertz CT molecular complexity index is 749. The summed E-state index contributed by atoms with van der Waals surface area (Å²) in [6, 6.07) is 10.0. The van der Waals surface area contributed by atoms with E-state index in [1.54, 1.807) is 13.1 Å². The molecule has 0 aliphatic heterocycles. The molecule has 1 fully saturated rings. The third-order valence-corrected chi connectivity index (χ3v) is 4.74. The first-order valence-corrected chi connectivity index (χ1v) is 8.75. The second kappa shape index (κ2) is 7.51. The second-order valence-corrected chi connectivity index (χ2v) is 6.37. The Morgan fingerprint density at radius 3 is 2.52 bits per heavy atom. The highest BCUT2D eigenvalue weighted by Gasteiger charge is 2.28. The number of nitrogens with zero attached hydrogens (tertiary/aromatic N) is 3. The number of carboxylic acid groups (broad SMARTS) is 1. The highest BCUT2D eigenvalue weighted by Crippen LogP contribution is 2.35. The van der Waals surface area contributed by atoms with Crippen molar-refractivity contribution in [3.63, 3.8) is 0 Å². The van der Waals surface area contributed by atoms with Crippen molar-refractivity contribution in [1.82, 2.24) is 14.7 Å². The predicted octanol–water partition coefficient (Wildman–Crippen LogP) is 3.21. The van der Waals surface area contributed by atoms with Gasteiger partial charge in [-0.1, -0.05) is 43.2 Å². The molecule has 25 heavy (non-hydrogen) atoms. The van der Waals surface area contributed by atoms with Gasteiger partial charge in [-0.25, -0.2) is 0 Å². The van der Waals surface area contributed by atoms with E-state index in [1.165, 1.54) is 17.7 Å². The maximum atomic E-state index is 12.9. The highest BCUT2D eigenvalue weighted by atomic mass is 16.4. The lowest BCUT2D eigenvalue weighted by Crippen LogP contribution is -2.35. The zero-order valence-corrected chi connectivity index (χ0v) is 14.4. The summed E-state index contributed by atoms with van der Waals surface area (Å²) in [6.07, 6.45) is 6.04. The maximum Gasteiger partial charge on any atom is 0.323 e. The third kappa shape index (κ3) is 3.57. The van der Waals surface area contributed by atoms with E-state index < -0.39 is 5.97 Å². The molecule has 1 aromatic carbocycles. The van der Waals surface area contributed by atoms with Crippen molar-refractivity contribution in [2.45, 2.75) is 38.6 Å². The summed E-state index contributed by atoms with van der Waals surface area (Å²) < 4.78 is 1.96. The number of benzene rings is 1. The minimum absolute atomic E-state index is 0.284. The number of hydrogen-bond donors (Lipinski definition) is 1. The number of amides is 1. The Hall–Kier alpha value is -2.63. The van der Waals surface area contributed by atoms with Gasteiger partial charge < -0.3 is 10.0 Å². The molecule has 1 amide bonds. The van der Waals surface area contributed by atoms with Crippen LogP contribution in [0.2, 0.25) is 0 Å². The van der Waals surface area contributed by atoms with E-state index in [9.17, 15) is 9.59 Å². The van der Waals surface area contributed by atoms with Crippen molar-refractivity contribution in [3.05, 3.63) is 42.1 Å². The largest absolute Gasteiger partial charge is 0.480 e. The number of carboxylic acids is 1. The number of likely N-dealkylation sites (N-methyl/N-ethyl adjacent to an activating group) is 1. The van der Waals surface area contributed by atoms with Crippen LogP contribution >= 0.6 is 0 Å². The molecule has 3 rings (SSSR count). The van der Waals surface area contributed by atoms with Crippen LogP contribution in [0.25, 0.3) is 11.3 Å². The Morgan fingerprint density at radius 1 is 1.24 bits per heavy atom. The lowest BCUT2D eigenvalue weighted by atomic mass is 10.1. The molecule has 0 atom stereocenters. The average Bonchev–Trinajstić information content (AvgIpc) is 3.28. The van der Waals surface area contributed by atoms with Gasteiger partial charge in [0, 0.05) is 12.1 Å². The van der Waals surface area contributed by atoms with Gasteiger partial charge >= 0.3 is 5.97 Å². The van der Waals surface area contributed by atoms with Gasteiger partial charge in [-0.05, 0) is 19.8 Å². The molecule has 6 heteroatoms. The highest BCUT2D eigenvalue weighted by molar-refractivity contribution is 6.01. The number of carbonyl (C=O) groups is 2. The Balaban J connectivity index is 2.04. The van der Waals surface area contributed by atoms with Gasteiger partial charge in [-0.3, -0.25) is 14.3 Å². The van der Waals surface area contributed by atoms with Crippen LogP contribution in [0.15, 0.2) is 36.5 Å². The van der Waals surface area contributed by atoms with Gasteiger partial charge in [0.1, 0.15) is 6.54 Å². The van der Waals surface area contributed by atoms with Crippen molar-refractivity contribution in [3.8, 4) is 11.3 Å². The molecule has 0 saturated heterocycles. The van der Waals surface area contributed by atoms with Crippen LogP contribution < -0.4 is 0 Å². The molecule has 6 nitrogen and oxygen atoms in total. The molecule has 1 heterocycles. The van der Waals surface area contributed by atoms with Crippen molar-refractivity contribution < 1.29 is 14.7 Å². The monoisotopic (exact) mass is 341 g/mol. The molecule has 0 bridgehead atoms. The quantitative estimate of drug-likeness (QED) is 0.875. The summed E-state index contributed by atoms with van der Waals surface area (Å²) in [7, 11) is 0. The molecule has 0 spiro atoms. The number of aromatic nitrogens is 2. The molecule has 1 N–H and O–H groups in total. The standard InChI is InChI=1S/C19H23N3O3/c1-2-21(13-17(23)24)19(25)16-12-20-22(15-10-6-7-11-15)18(16)14-8-4-3-5-9-14/h3-5,8-9,12,15H,2,6-7,10-11,13H2,1H3,(H,23,24). The minimum atomic E-state index is -1.01. The number of aliphatic carboxylic acids is 1. The summed E-state index contributed by atoms with van der Waals surface area (Å²) in [6.45, 7) is 1.82. The lowest BCUT2D eigenvalue weighted by molar-refractivity contribution is -0.137. The smallest absolute Gasteiger partial charge is 0.323 e. The zero-order valence-electron chi connectivity index (χ0n) is 14.4. The van der Waals surface area contributed by atoms with Crippen molar-refractivity contribution in [2.75, 3.05) is 13.1 Å². The van der Waals surface area contributed by atoms with Crippen LogP contribution in [-0.2, 0) is 4.79 Å². The van der Waals surface area contributed by atoms with Gasteiger partial charge in [-0.15, -0.1) is 0 Å². The summed E-state index contributed by atoms with van der Waals surface area (Å²) in [4.78, 5) is 25.3. The van der Waals surface area contributed by atoms with Crippen LogP contribution in [0.4, 0.5) is 0 Å². The SMILES string of the molecule is CCN(CC(=O)O)C(=O)c1cnn(C2CCCC2)c1-c1ccccc1. The van der Waals surface area contributed by atoms with E-state index >= 15 is 0 Å². The number of hydrogen-bond acceptors (Lipinski definition) is 3. The van der Waals surface area contributed by atoms with E-state index in [-0.39, 0.29) is 12.5 Å². The fourth-order valence-electron chi connectivity index (χ4n) is 3.49. The van der Waals surface area contributed by atoms with Gasteiger partial charge in [-0.2, -0.15) is 5.10 Å². The summed E-state index contributed by atoms with van der Waals surface area (Å²) in [5.41, 5.74) is 2.20. The molecule has 1 aliphatic rings. The summed E-state index contributed by atoms with van der Waals surface area (Å²) >= 11 is 0. The first kappa shape index (κ1) is 17.2. The maximum absolute atomic E-state index is 12.9. The van der Waals surface area contributed by atoms with Crippen LogP contribution in [-0.4, -0.2) is 44.8 Å². The fourth-order valence-corrected chi connectivity index (χ4v) is 3.49. The Morgan fingerprint density at radius 2 is 1.92 bits per heavy atom. The molecule has 1 aliphatic carbocycles. The average molecular weight is 341 g/mol.